The molecule has 1 aromatic carbocycles. The summed E-state index contributed by atoms with van der Waals surface area (Å²) in [6.45, 7) is 9.43. The fraction of sp³-hybridized carbons (Fsp3) is 0.562. The molecule has 0 bridgehead atoms. The van der Waals surface area contributed by atoms with Crippen molar-refractivity contribution in [2.24, 2.45) is 0 Å². The Morgan fingerprint density at radius 2 is 2.24 bits per heavy atom. The van der Waals surface area contributed by atoms with Crippen LogP contribution in [0.4, 0.5) is 5.69 Å². The van der Waals surface area contributed by atoms with Gasteiger partial charge in [0.05, 0.1) is 29.6 Å². The Kier molecular flexibility index (Phi) is 4.42. The van der Waals surface area contributed by atoms with Crippen molar-refractivity contribution in [3.8, 4) is 5.75 Å². The molecule has 1 amide bonds. The van der Waals surface area contributed by atoms with Crippen molar-refractivity contribution in [2.45, 2.75) is 39.4 Å². The lowest BCUT2D eigenvalue weighted by molar-refractivity contribution is -0.118. The summed E-state index contributed by atoms with van der Waals surface area (Å²) in [5, 5.41) is 0. The van der Waals surface area contributed by atoms with E-state index in [0.717, 1.165) is 0 Å². The first kappa shape index (κ1) is 15.6. The van der Waals surface area contributed by atoms with E-state index in [9.17, 15) is 4.79 Å². The summed E-state index contributed by atoms with van der Waals surface area (Å²) >= 11 is 0. The number of hydrogen-bond donors (Lipinski definition) is 1. The molecule has 21 heavy (non-hydrogen) atoms. The van der Waals surface area contributed by atoms with Gasteiger partial charge in [0.25, 0.3) is 5.91 Å². The zero-order valence-electron chi connectivity index (χ0n) is 13.2. The summed E-state index contributed by atoms with van der Waals surface area (Å²) in [6.07, 6.45) is 0.00861. The van der Waals surface area contributed by atoms with Crippen LogP contribution >= 0.6 is 0 Å². The number of anilines is 1. The van der Waals surface area contributed by atoms with Gasteiger partial charge in [0.1, 0.15) is 0 Å². The van der Waals surface area contributed by atoms with E-state index in [-0.39, 0.29) is 17.6 Å². The van der Waals surface area contributed by atoms with Crippen LogP contribution in [0.1, 0.15) is 38.1 Å². The second-order valence-electron chi connectivity index (χ2n) is 6.03. The molecule has 1 saturated heterocycles. The Balaban J connectivity index is 2.29. The third-order valence-corrected chi connectivity index (χ3v) is 3.42. The summed E-state index contributed by atoms with van der Waals surface area (Å²) in [7, 11) is 0. The molecule has 0 radical (unpaired) electrons. The Morgan fingerprint density at radius 3 is 2.86 bits per heavy atom. The van der Waals surface area contributed by atoms with Gasteiger partial charge in [0, 0.05) is 13.1 Å². The van der Waals surface area contributed by atoms with E-state index in [2.05, 4.69) is 0 Å². The molecule has 0 aromatic heterocycles. The van der Waals surface area contributed by atoms with E-state index in [0.29, 0.717) is 36.7 Å². The van der Waals surface area contributed by atoms with Crippen molar-refractivity contribution >= 4 is 11.6 Å². The number of rotatable bonds is 3. The Hall–Kier alpha value is -1.75. The van der Waals surface area contributed by atoms with E-state index in [4.69, 9.17) is 15.2 Å². The quantitative estimate of drug-likeness (QED) is 0.868. The van der Waals surface area contributed by atoms with Crippen molar-refractivity contribution in [1.29, 1.82) is 0 Å². The largest absolute Gasteiger partial charge is 0.491 e. The highest BCUT2D eigenvalue weighted by Gasteiger charge is 2.35. The Labute approximate surface area is 126 Å². The number of carbonyl (C=O) groups is 1. The lowest BCUT2D eigenvalue weighted by Crippen LogP contribution is -2.53. The SMILES string of the molecule is CCOc1c(N)cccc1C(=O)N1CC(C)OC(C)(C)C1. The Bertz CT molecular complexity index is 528. The van der Waals surface area contributed by atoms with Crippen LogP contribution in [0, 0.1) is 0 Å². The van der Waals surface area contributed by atoms with Crippen molar-refractivity contribution in [3.63, 3.8) is 0 Å². The Morgan fingerprint density at radius 1 is 1.52 bits per heavy atom. The summed E-state index contributed by atoms with van der Waals surface area (Å²) in [5.41, 5.74) is 6.59. The summed E-state index contributed by atoms with van der Waals surface area (Å²) in [4.78, 5) is 14.6. The summed E-state index contributed by atoms with van der Waals surface area (Å²) < 4.78 is 11.4. The van der Waals surface area contributed by atoms with Gasteiger partial charge in [-0.1, -0.05) is 6.07 Å². The molecule has 1 unspecified atom stereocenters. The molecule has 2 rings (SSSR count). The van der Waals surface area contributed by atoms with Crippen molar-refractivity contribution in [3.05, 3.63) is 23.8 Å². The van der Waals surface area contributed by atoms with E-state index in [1.807, 2.05) is 32.6 Å². The molecule has 1 fully saturated rings. The van der Waals surface area contributed by atoms with Crippen molar-refractivity contribution in [2.75, 3.05) is 25.4 Å². The molecule has 116 valence electrons. The van der Waals surface area contributed by atoms with Gasteiger partial charge in [0.2, 0.25) is 0 Å². The van der Waals surface area contributed by atoms with Gasteiger partial charge in [-0.2, -0.15) is 0 Å². The minimum atomic E-state index is -0.348. The molecule has 1 aliphatic rings. The molecule has 1 atom stereocenters. The minimum Gasteiger partial charge on any atom is -0.491 e. The average Bonchev–Trinajstić information content (AvgIpc) is 2.38. The predicted molar refractivity (Wildman–Crippen MR) is 82.6 cm³/mol. The van der Waals surface area contributed by atoms with Gasteiger partial charge in [0.15, 0.2) is 5.75 Å². The topological polar surface area (TPSA) is 64.8 Å². The maximum atomic E-state index is 12.8. The minimum absolute atomic E-state index is 0.00861. The summed E-state index contributed by atoms with van der Waals surface area (Å²) in [6, 6.07) is 5.28. The van der Waals surface area contributed by atoms with Gasteiger partial charge in [-0.25, -0.2) is 0 Å². The number of ether oxygens (including phenoxy) is 2. The number of amides is 1. The highest BCUT2D eigenvalue weighted by molar-refractivity contribution is 5.98. The van der Waals surface area contributed by atoms with Crippen LogP contribution in [-0.2, 0) is 4.74 Å². The van der Waals surface area contributed by atoms with Crippen LogP contribution in [0.25, 0.3) is 0 Å². The normalized spacial score (nSPS) is 21.1. The van der Waals surface area contributed by atoms with Crippen LogP contribution in [0.15, 0.2) is 18.2 Å². The highest BCUT2D eigenvalue weighted by Crippen LogP contribution is 2.29. The van der Waals surface area contributed by atoms with Crippen LogP contribution < -0.4 is 10.5 Å². The smallest absolute Gasteiger partial charge is 0.257 e. The maximum Gasteiger partial charge on any atom is 0.257 e. The number of benzene rings is 1. The fourth-order valence-electron chi connectivity index (χ4n) is 2.81. The predicted octanol–water partition coefficient (Wildman–Crippen LogP) is 2.31. The first-order chi connectivity index (χ1) is 9.84. The number of para-hydroxylation sites is 1. The average molecular weight is 292 g/mol. The fourth-order valence-corrected chi connectivity index (χ4v) is 2.81. The first-order valence-corrected chi connectivity index (χ1v) is 7.32. The molecule has 2 N–H and O–H groups in total. The van der Waals surface area contributed by atoms with Gasteiger partial charge in [-0.15, -0.1) is 0 Å². The number of nitrogens with zero attached hydrogens (tertiary/aromatic N) is 1. The van der Waals surface area contributed by atoms with Crippen molar-refractivity contribution < 1.29 is 14.3 Å². The third kappa shape index (κ3) is 3.47. The lowest BCUT2D eigenvalue weighted by atomic mass is 10.0. The van der Waals surface area contributed by atoms with Gasteiger partial charge >= 0.3 is 0 Å². The molecule has 1 heterocycles. The van der Waals surface area contributed by atoms with Gasteiger partial charge in [-0.05, 0) is 39.8 Å². The molecule has 1 aromatic rings. The zero-order chi connectivity index (χ0) is 15.6. The van der Waals surface area contributed by atoms with Gasteiger partial charge < -0.3 is 20.1 Å². The lowest BCUT2D eigenvalue weighted by Gasteiger charge is -2.41. The molecule has 1 aliphatic heterocycles. The molecular formula is C16H24N2O3. The second-order valence-corrected chi connectivity index (χ2v) is 6.03. The zero-order valence-corrected chi connectivity index (χ0v) is 13.2. The van der Waals surface area contributed by atoms with Gasteiger partial charge in [-0.3, -0.25) is 4.79 Å². The number of hydrogen-bond acceptors (Lipinski definition) is 4. The number of nitrogens with two attached hydrogens (primary N) is 1. The van der Waals surface area contributed by atoms with E-state index < -0.39 is 0 Å². The van der Waals surface area contributed by atoms with E-state index in [1.165, 1.54) is 0 Å². The molecule has 0 saturated carbocycles. The van der Waals surface area contributed by atoms with Crippen LogP contribution in [0.3, 0.4) is 0 Å². The van der Waals surface area contributed by atoms with Crippen LogP contribution in [0.5, 0.6) is 5.75 Å². The second kappa shape index (κ2) is 5.93. The summed E-state index contributed by atoms with van der Waals surface area (Å²) in [5.74, 6) is 0.413. The number of nitrogen functional groups attached to an aromatic ring is 1. The molecular weight excluding hydrogens is 268 g/mol. The molecule has 0 spiro atoms. The third-order valence-electron chi connectivity index (χ3n) is 3.42. The van der Waals surface area contributed by atoms with E-state index >= 15 is 0 Å². The highest BCUT2D eigenvalue weighted by atomic mass is 16.5. The van der Waals surface area contributed by atoms with Crippen LogP contribution in [-0.4, -0.2) is 42.2 Å². The van der Waals surface area contributed by atoms with Crippen LogP contribution in [0.2, 0.25) is 0 Å². The monoisotopic (exact) mass is 292 g/mol. The molecule has 5 heteroatoms. The standard InChI is InChI=1S/C16H24N2O3/c1-5-20-14-12(7-6-8-13(14)17)15(19)18-9-11(2)21-16(3,4)10-18/h6-8,11H,5,9-10,17H2,1-4H3. The molecule has 5 nitrogen and oxygen atoms in total. The first-order valence-electron chi connectivity index (χ1n) is 7.32. The van der Waals surface area contributed by atoms with Crippen molar-refractivity contribution in [1.82, 2.24) is 4.90 Å². The molecule has 0 aliphatic carbocycles. The number of carbonyl (C=O) groups excluding carboxylic acids is 1. The number of morpholine rings is 1. The maximum absolute atomic E-state index is 12.8. The van der Waals surface area contributed by atoms with E-state index in [1.54, 1.807) is 18.2 Å².